The van der Waals surface area contributed by atoms with Crippen LogP contribution in [-0.4, -0.2) is 39.3 Å². The van der Waals surface area contributed by atoms with Crippen molar-refractivity contribution in [3.8, 4) is 17.3 Å². The molecule has 0 radical (unpaired) electrons. The van der Waals surface area contributed by atoms with Crippen LogP contribution in [0.2, 0.25) is 0 Å². The van der Waals surface area contributed by atoms with Crippen LogP contribution >= 0.6 is 0 Å². The lowest BCUT2D eigenvalue weighted by atomic mass is 9.78. The highest BCUT2D eigenvalue weighted by atomic mass is 16.1. The molecule has 3 aromatic heterocycles. The summed E-state index contributed by atoms with van der Waals surface area (Å²) in [5.74, 6) is 1.16. The lowest BCUT2D eigenvalue weighted by Crippen LogP contribution is -2.36. The highest BCUT2D eigenvalue weighted by Gasteiger charge is 2.31. The molecule has 5 rings (SSSR count). The molecule has 0 aliphatic carbocycles. The number of dihydropyridines is 1. The average molecular weight is 472 g/mol. The molecule has 2 N–H and O–H groups in total. The molecular weight excluding hydrogens is 442 g/mol. The molecule has 0 spiro atoms. The summed E-state index contributed by atoms with van der Waals surface area (Å²) in [5, 5.41) is 17.6. The van der Waals surface area contributed by atoms with Crippen LogP contribution in [0.5, 0.6) is 0 Å². The minimum absolute atomic E-state index is 0.101. The van der Waals surface area contributed by atoms with Gasteiger partial charge in [0.15, 0.2) is 0 Å². The van der Waals surface area contributed by atoms with Gasteiger partial charge in [-0.1, -0.05) is 43.7 Å². The van der Waals surface area contributed by atoms with Crippen LogP contribution < -0.4 is 11.0 Å². The first kappa shape index (κ1) is 22.6. The van der Waals surface area contributed by atoms with E-state index in [0.717, 1.165) is 29.7 Å². The highest BCUT2D eigenvalue weighted by molar-refractivity contribution is 5.57. The molecule has 1 aliphatic heterocycles. The van der Waals surface area contributed by atoms with Gasteiger partial charge < -0.3 is 9.88 Å². The van der Waals surface area contributed by atoms with E-state index in [1.54, 1.807) is 10.8 Å². The number of hydrogen-bond donors (Lipinski definition) is 2. The molecule has 10 heteroatoms. The van der Waals surface area contributed by atoms with Gasteiger partial charge >= 0.3 is 5.69 Å². The van der Waals surface area contributed by atoms with Gasteiger partial charge in [-0.25, -0.2) is 14.3 Å². The quantitative estimate of drug-likeness (QED) is 0.408. The number of benzene rings is 1. The summed E-state index contributed by atoms with van der Waals surface area (Å²) in [6.07, 6.45) is 15.3. The first-order chi connectivity index (χ1) is 17.0. The Kier molecular flexibility index (Phi) is 5.94. The SMILES string of the molecule is CCCc1cn(-c2nccn2C(C)C)c(=O)n1CC1(c2cccc(-c3nn[nH]n3)c2)C=CNC=C1. The van der Waals surface area contributed by atoms with Crippen LogP contribution in [0.15, 0.2) is 72.2 Å². The predicted octanol–water partition coefficient (Wildman–Crippen LogP) is 3.12. The summed E-state index contributed by atoms with van der Waals surface area (Å²) < 4.78 is 5.56. The monoisotopic (exact) mass is 471 g/mol. The van der Waals surface area contributed by atoms with Crippen molar-refractivity contribution >= 4 is 0 Å². The number of nitrogens with zero attached hydrogens (tertiary/aromatic N) is 7. The lowest BCUT2D eigenvalue weighted by molar-refractivity contribution is 0.495. The molecule has 4 aromatic rings. The number of aromatic amines is 1. The Hall–Kier alpha value is -4.21. The number of hydrogen-bond acceptors (Lipinski definition) is 6. The number of H-pyrrole nitrogens is 1. The van der Waals surface area contributed by atoms with Gasteiger partial charge in [-0.3, -0.25) is 4.57 Å². The first-order valence-electron chi connectivity index (χ1n) is 11.8. The van der Waals surface area contributed by atoms with E-state index in [1.165, 1.54) is 0 Å². The summed E-state index contributed by atoms with van der Waals surface area (Å²) in [6, 6.07) is 8.24. The van der Waals surface area contributed by atoms with Crippen molar-refractivity contribution in [1.82, 2.24) is 44.6 Å². The molecule has 0 saturated carbocycles. The Morgan fingerprint density at radius 2 is 2.00 bits per heavy atom. The minimum atomic E-state index is -0.545. The molecule has 4 heterocycles. The molecule has 0 atom stereocenters. The van der Waals surface area contributed by atoms with Crippen molar-refractivity contribution < 1.29 is 0 Å². The van der Waals surface area contributed by atoms with Crippen molar-refractivity contribution in [3.05, 3.63) is 89.1 Å². The summed E-state index contributed by atoms with van der Waals surface area (Å²) >= 11 is 0. The van der Waals surface area contributed by atoms with Crippen molar-refractivity contribution in [2.75, 3.05) is 0 Å². The molecule has 0 bridgehead atoms. The van der Waals surface area contributed by atoms with Gasteiger partial charge in [0.25, 0.3) is 0 Å². The van der Waals surface area contributed by atoms with Gasteiger partial charge in [-0.2, -0.15) is 5.21 Å². The Morgan fingerprint density at radius 1 is 1.17 bits per heavy atom. The standard InChI is InChI=1S/C25H29N9O/c1-4-6-21-16-33(23-27-13-14-32(23)18(2)3)24(35)34(21)17-25(9-11-26-12-10-25)20-8-5-7-19(15-20)22-28-30-31-29-22/h5,7-16,18,26H,4,6,17H2,1-3H3,(H,28,29,30,31). The molecule has 0 unspecified atom stereocenters. The predicted molar refractivity (Wildman–Crippen MR) is 133 cm³/mol. The van der Waals surface area contributed by atoms with Crippen LogP contribution in [0.1, 0.15) is 44.5 Å². The second-order valence-electron chi connectivity index (χ2n) is 9.03. The third kappa shape index (κ3) is 4.11. The summed E-state index contributed by atoms with van der Waals surface area (Å²) in [4.78, 5) is 18.3. The van der Waals surface area contributed by atoms with Crippen LogP contribution in [0.25, 0.3) is 17.3 Å². The molecule has 180 valence electrons. The minimum Gasteiger partial charge on any atom is -0.368 e. The number of imidazole rings is 2. The third-order valence-corrected chi connectivity index (χ3v) is 6.37. The van der Waals surface area contributed by atoms with E-state index in [1.807, 2.05) is 46.1 Å². The lowest BCUT2D eigenvalue weighted by Gasteiger charge is -2.31. The van der Waals surface area contributed by atoms with Crippen molar-refractivity contribution in [2.45, 2.75) is 51.6 Å². The molecule has 0 fully saturated rings. The molecule has 0 saturated heterocycles. The fraction of sp³-hybridized carbons (Fsp3) is 0.320. The number of aryl methyl sites for hydroxylation is 1. The fourth-order valence-electron chi connectivity index (χ4n) is 4.58. The Labute approximate surface area is 203 Å². The second-order valence-corrected chi connectivity index (χ2v) is 9.03. The van der Waals surface area contributed by atoms with Crippen LogP contribution in [0.3, 0.4) is 0 Å². The zero-order valence-corrected chi connectivity index (χ0v) is 20.1. The Balaban J connectivity index is 1.62. The van der Waals surface area contributed by atoms with E-state index in [9.17, 15) is 4.79 Å². The molecule has 0 amide bonds. The number of rotatable bonds is 8. The molecule has 10 nitrogen and oxygen atoms in total. The van der Waals surface area contributed by atoms with E-state index < -0.39 is 5.41 Å². The van der Waals surface area contributed by atoms with Crippen LogP contribution in [-0.2, 0) is 18.4 Å². The van der Waals surface area contributed by atoms with Crippen molar-refractivity contribution in [2.24, 2.45) is 0 Å². The largest absolute Gasteiger partial charge is 0.368 e. The van der Waals surface area contributed by atoms with Crippen LogP contribution in [0, 0.1) is 0 Å². The highest BCUT2D eigenvalue weighted by Crippen LogP contribution is 2.33. The van der Waals surface area contributed by atoms with Gasteiger partial charge in [0, 0.05) is 42.4 Å². The van der Waals surface area contributed by atoms with E-state index in [4.69, 9.17) is 0 Å². The smallest absolute Gasteiger partial charge is 0.335 e. The van der Waals surface area contributed by atoms with Crippen molar-refractivity contribution in [3.63, 3.8) is 0 Å². The summed E-state index contributed by atoms with van der Waals surface area (Å²) in [7, 11) is 0. The van der Waals surface area contributed by atoms with E-state index in [2.05, 4.69) is 76.0 Å². The van der Waals surface area contributed by atoms with Gasteiger partial charge in [-0.05, 0) is 49.5 Å². The molecule has 35 heavy (non-hydrogen) atoms. The first-order valence-corrected chi connectivity index (χ1v) is 11.8. The zero-order valence-electron chi connectivity index (χ0n) is 20.1. The Bertz CT molecular complexity index is 1410. The van der Waals surface area contributed by atoms with E-state index in [-0.39, 0.29) is 11.7 Å². The third-order valence-electron chi connectivity index (χ3n) is 6.37. The van der Waals surface area contributed by atoms with Crippen LogP contribution in [0.4, 0.5) is 0 Å². The van der Waals surface area contributed by atoms with Gasteiger partial charge in [0.2, 0.25) is 11.8 Å². The maximum absolute atomic E-state index is 13.8. The second kappa shape index (κ2) is 9.21. The number of tetrazole rings is 1. The number of allylic oxidation sites excluding steroid dienone is 2. The normalized spacial score (nSPS) is 14.5. The topological polar surface area (TPSA) is 111 Å². The maximum Gasteiger partial charge on any atom is 0.335 e. The van der Waals surface area contributed by atoms with E-state index >= 15 is 0 Å². The summed E-state index contributed by atoms with van der Waals surface area (Å²) in [6.45, 7) is 6.73. The number of aromatic nitrogens is 8. The molecule has 1 aromatic carbocycles. The fourth-order valence-corrected chi connectivity index (χ4v) is 4.58. The summed E-state index contributed by atoms with van der Waals surface area (Å²) in [5.41, 5.74) is 2.21. The van der Waals surface area contributed by atoms with Crippen molar-refractivity contribution in [1.29, 1.82) is 0 Å². The maximum atomic E-state index is 13.8. The number of nitrogens with one attached hydrogen (secondary N) is 2. The molecular formula is C25H29N9O. The van der Waals surface area contributed by atoms with E-state index in [0.29, 0.717) is 18.3 Å². The molecule has 1 aliphatic rings. The van der Waals surface area contributed by atoms with Gasteiger partial charge in [0.05, 0.1) is 5.41 Å². The Morgan fingerprint density at radius 3 is 2.71 bits per heavy atom. The van der Waals surface area contributed by atoms with Gasteiger partial charge in [0.1, 0.15) is 0 Å². The average Bonchev–Trinajstić information content (AvgIpc) is 3.63. The van der Waals surface area contributed by atoms with Gasteiger partial charge in [-0.15, -0.1) is 10.2 Å². The zero-order chi connectivity index (χ0) is 24.4.